The Bertz CT molecular complexity index is 2900. The van der Waals surface area contributed by atoms with Crippen LogP contribution in [0.4, 0.5) is 11.4 Å². The van der Waals surface area contributed by atoms with E-state index in [1.54, 1.807) is 6.07 Å². The first kappa shape index (κ1) is 58.8. The fourth-order valence-electron chi connectivity index (χ4n) is 11.0. The quantitative estimate of drug-likeness (QED) is 0.0341. The van der Waals surface area contributed by atoms with Crippen molar-refractivity contribution in [1.82, 2.24) is 4.67 Å². The minimum absolute atomic E-state index is 0.110. The number of nitrogens with zero attached hydrogens (tertiary/aromatic N) is 4. The molecule has 0 radical (unpaired) electrons. The molecule has 0 fully saturated rings. The number of hydrogen-bond donors (Lipinski definition) is 2. The van der Waals surface area contributed by atoms with Gasteiger partial charge in [-0.3, -0.25) is 13.8 Å². The summed E-state index contributed by atoms with van der Waals surface area (Å²) in [6.07, 6.45) is 18.5. The van der Waals surface area contributed by atoms with Gasteiger partial charge in [0.25, 0.3) is 20.2 Å². The maximum atomic E-state index is 12.4. The van der Waals surface area contributed by atoms with Gasteiger partial charge in [0.2, 0.25) is 5.69 Å². The zero-order chi connectivity index (χ0) is 54.0. The molecule has 2 heterocycles. The number of unbranched alkanes of at least 4 members (excludes halogenated alkanes) is 4. The molecule has 0 aromatic heterocycles. The molecule has 2 N–H and O–H groups in total. The van der Waals surface area contributed by atoms with Crippen LogP contribution in [-0.4, -0.2) is 91.2 Å². The first-order chi connectivity index (χ1) is 35.0. The van der Waals surface area contributed by atoms with Crippen LogP contribution in [0, 0.1) is 18.3 Å². The van der Waals surface area contributed by atoms with E-state index in [-0.39, 0.29) is 16.1 Å². The van der Waals surface area contributed by atoms with Gasteiger partial charge in [-0.1, -0.05) is 69.2 Å². The van der Waals surface area contributed by atoms with E-state index in [1.807, 2.05) is 12.1 Å². The van der Waals surface area contributed by atoms with E-state index in [2.05, 4.69) is 150 Å². The van der Waals surface area contributed by atoms with Crippen LogP contribution >= 0.6 is 8.30 Å². The van der Waals surface area contributed by atoms with Gasteiger partial charge in [-0.2, -0.15) is 26.7 Å². The van der Waals surface area contributed by atoms with Crippen LogP contribution in [-0.2, 0) is 35.6 Å². The first-order valence-corrected chi connectivity index (χ1v) is 31.2. The number of nitriles is 1. The SMILES string of the molecule is CCCCC[N+]1=C(C=CC2=C(c3cccc(OCCCCOP(CCC#N)N(C(C)C)C(C)C)c3)C(=CC=C3N(CCCCS(=O)(=O)O)c4ccc(C)cc4C3(C)C)CCC2)C(C)(C)c2cc(S(=O)(=O)O)ccc21. The van der Waals surface area contributed by atoms with Crippen molar-refractivity contribution in [1.29, 1.82) is 5.26 Å². The van der Waals surface area contributed by atoms with E-state index in [4.69, 9.17) is 9.26 Å². The van der Waals surface area contributed by atoms with Crippen molar-refractivity contribution in [3.05, 3.63) is 124 Å². The Balaban J connectivity index is 1.38. The summed E-state index contributed by atoms with van der Waals surface area (Å²) in [7, 11) is -9.36. The average Bonchev–Trinajstić information content (AvgIpc) is 3.67. The van der Waals surface area contributed by atoms with Crippen LogP contribution in [0.2, 0.25) is 0 Å². The van der Waals surface area contributed by atoms with Crippen LogP contribution in [0.25, 0.3) is 5.57 Å². The molecule has 3 aliphatic rings. The number of benzene rings is 3. The van der Waals surface area contributed by atoms with E-state index in [1.165, 1.54) is 28.3 Å². The number of ether oxygens (including phenoxy) is 1. The van der Waals surface area contributed by atoms with Crippen molar-refractivity contribution < 1.29 is 39.8 Å². The molecule has 12 nitrogen and oxygen atoms in total. The second-order valence-corrected chi connectivity index (χ2v) is 26.5. The van der Waals surface area contributed by atoms with Gasteiger partial charge in [-0.25, -0.2) is 0 Å². The lowest BCUT2D eigenvalue weighted by atomic mass is 9.79. The summed E-state index contributed by atoms with van der Waals surface area (Å²) in [6.45, 7) is 24.2. The van der Waals surface area contributed by atoms with E-state index in [9.17, 15) is 31.2 Å². The molecule has 2 aliphatic heterocycles. The minimum atomic E-state index is -4.41. The lowest BCUT2D eigenvalue weighted by molar-refractivity contribution is -0.438. The molecule has 1 atom stereocenters. The van der Waals surface area contributed by atoms with Gasteiger partial charge in [0.1, 0.15) is 20.6 Å². The van der Waals surface area contributed by atoms with Crippen molar-refractivity contribution in [2.75, 3.05) is 43.1 Å². The highest BCUT2D eigenvalue weighted by Crippen LogP contribution is 2.50. The Morgan fingerprint density at radius 3 is 2.28 bits per heavy atom. The molecule has 3 aromatic rings. The third kappa shape index (κ3) is 14.5. The number of anilines is 1. The van der Waals surface area contributed by atoms with Crippen LogP contribution in [0.5, 0.6) is 5.75 Å². The molecule has 3 aromatic carbocycles. The Morgan fingerprint density at radius 2 is 1.59 bits per heavy atom. The monoisotopic (exact) mass is 1070 g/mol. The largest absolute Gasteiger partial charge is 0.494 e. The Hall–Kier alpha value is -4.45. The molecule has 0 spiro atoms. The van der Waals surface area contributed by atoms with Crippen LogP contribution in [0.3, 0.4) is 0 Å². The fourth-order valence-corrected chi connectivity index (χ4v) is 14.2. The summed E-state index contributed by atoms with van der Waals surface area (Å²) < 4.78 is 85.4. The third-order valence-corrected chi connectivity index (χ3v) is 18.7. The summed E-state index contributed by atoms with van der Waals surface area (Å²) in [5.74, 6) is 0.503. The first-order valence-electron chi connectivity index (χ1n) is 26.7. The van der Waals surface area contributed by atoms with Crippen LogP contribution in [0.15, 0.2) is 107 Å². The van der Waals surface area contributed by atoms with Crippen molar-refractivity contribution in [2.24, 2.45) is 0 Å². The van der Waals surface area contributed by atoms with Crippen molar-refractivity contribution in [3.8, 4) is 11.8 Å². The molecule has 0 bridgehead atoms. The molecule has 74 heavy (non-hydrogen) atoms. The highest BCUT2D eigenvalue weighted by Gasteiger charge is 2.45. The average molecular weight is 1070 g/mol. The highest BCUT2D eigenvalue weighted by molar-refractivity contribution is 7.86. The van der Waals surface area contributed by atoms with E-state index >= 15 is 0 Å². The van der Waals surface area contributed by atoms with E-state index in [0.29, 0.717) is 51.1 Å². The standard InChI is InChI=1S/C59H81N4O8PS2/c1-11-12-13-34-61-54-30-28-50(74(67,68)69)42-52(54)59(9,10)56(61)32-27-47-22-18-21-46(26-31-55-58(7,8)51-40-45(6)25-29-53(51)62(55)35-14-17-39-73(64,65)66)57(47)48-23-19-24-49(41-48)70-36-15-16-37-71-72(38-20-33-60)63(43(2)3)44(4)5/h19,23-32,40-44H,11-18,20-22,34-39H2,1-10H3,(H-,64,65,66,67,68,69)/p+1. The Kier molecular flexibility index (Phi) is 20.3. The molecule has 0 saturated carbocycles. The van der Waals surface area contributed by atoms with Crippen LogP contribution < -0.4 is 9.64 Å². The summed E-state index contributed by atoms with van der Waals surface area (Å²) in [5, 5.41) is 9.35. The molecule has 0 saturated heterocycles. The summed E-state index contributed by atoms with van der Waals surface area (Å²) in [6, 6.07) is 22.8. The lowest BCUT2D eigenvalue weighted by Crippen LogP contribution is -2.33. The van der Waals surface area contributed by atoms with Gasteiger partial charge >= 0.3 is 0 Å². The molecule has 1 unspecified atom stereocenters. The normalized spacial score (nSPS) is 18.2. The second kappa shape index (κ2) is 25.6. The third-order valence-electron chi connectivity index (χ3n) is 14.5. The topological polar surface area (TPSA) is 160 Å². The van der Waals surface area contributed by atoms with Gasteiger partial charge in [0, 0.05) is 72.1 Å². The Labute approximate surface area is 445 Å². The van der Waals surface area contributed by atoms with Gasteiger partial charge in [0.05, 0.1) is 35.3 Å². The molecular weight excluding hydrogens is 988 g/mol. The second-order valence-electron chi connectivity index (χ2n) is 21.6. The molecule has 1 aliphatic carbocycles. The minimum Gasteiger partial charge on any atom is -0.494 e. The van der Waals surface area contributed by atoms with E-state index < -0.39 is 34.0 Å². The van der Waals surface area contributed by atoms with Gasteiger partial charge in [-0.05, 0) is 164 Å². The van der Waals surface area contributed by atoms with Gasteiger partial charge in [-0.15, -0.1) is 0 Å². The summed E-state index contributed by atoms with van der Waals surface area (Å²) in [4.78, 5) is 2.21. The predicted molar refractivity (Wildman–Crippen MR) is 303 cm³/mol. The number of allylic oxidation sites excluding steroid dienone is 8. The van der Waals surface area contributed by atoms with Gasteiger partial charge < -0.3 is 14.2 Å². The maximum absolute atomic E-state index is 12.4. The van der Waals surface area contributed by atoms with Gasteiger partial charge in [0.15, 0.2) is 5.71 Å². The molecule has 0 amide bonds. The Morgan fingerprint density at radius 1 is 0.851 bits per heavy atom. The van der Waals surface area contributed by atoms with E-state index in [0.717, 1.165) is 109 Å². The number of rotatable bonds is 26. The zero-order valence-electron chi connectivity index (χ0n) is 45.7. The molecule has 6 rings (SSSR count). The fraction of sp³-hybridized carbons (Fsp3) is 0.525. The maximum Gasteiger partial charge on any atom is 0.294 e. The number of hydrogen-bond acceptors (Lipinski definition) is 9. The number of aryl methyl sites for hydroxylation is 1. The predicted octanol–water partition coefficient (Wildman–Crippen LogP) is 13.8. The van der Waals surface area contributed by atoms with Crippen molar-refractivity contribution >= 4 is 51.2 Å². The number of fused-ring (bicyclic) bond motifs is 2. The smallest absolute Gasteiger partial charge is 0.294 e. The highest BCUT2D eigenvalue weighted by atomic mass is 32.2. The lowest BCUT2D eigenvalue weighted by Gasteiger charge is -2.37. The molecule has 402 valence electrons. The van der Waals surface area contributed by atoms with Crippen molar-refractivity contribution in [3.63, 3.8) is 0 Å². The molecule has 15 heteroatoms. The summed E-state index contributed by atoms with van der Waals surface area (Å²) in [5.41, 5.74) is 11.1. The molecular formula is C59H82N4O8PS2+. The van der Waals surface area contributed by atoms with Crippen LogP contribution in [0.1, 0.15) is 155 Å². The van der Waals surface area contributed by atoms with Crippen molar-refractivity contribution in [2.45, 2.75) is 168 Å². The summed E-state index contributed by atoms with van der Waals surface area (Å²) >= 11 is 0. The zero-order valence-corrected chi connectivity index (χ0v) is 48.2.